The number of hydrogen-bond donors (Lipinski definition) is 0. The largest absolute Gasteiger partial charge is 0.378 e. The summed E-state index contributed by atoms with van der Waals surface area (Å²) in [6, 6.07) is 1.46. The standard InChI is InChI=1S/C18H35IOSi/c1-2-4-15-5-7-16(8-6-15)17-9-11-18(12-10-17)20-13-3-14-21-19/h15-18H,2-14,21H2,1H3/t15-,16-,17-,18-. The summed E-state index contributed by atoms with van der Waals surface area (Å²) < 4.78 is 6.09. The van der Waals surface area contributed by atoms with Crippen molar-refractivity contribution in [3.63, 3.8) is 0 Å². The molecule has 1 nitrogen and oxygen atoms in total. The molecule has 0 spiro atoms. The second kappa shape index (κ2) is 10.6. The lowest BCUT2D eigenvalue weighted by Crippen LogP contribution is -2.28. The van der Waals surface area contributed by atoms with E-state index in [2.05, 4.69) is 28.7 Å². The Morgan fingerprint density at radius 2 is 1.57 bits per heavy atom. The van der Waals surface area contributed by atoms with Crippen LogP contribution in [-0.2, 0) is 4.74 Å². The van der Waals surface area contributed by atoms with Crippen LogP contribution in [-0.4, -0.2) is 19.7 Å². The highest BCUT2D eigenvalue weighted by Crippen LogP contribution is 2.41. The zero-order valence-electron chi connectivity index (χ0n) is 14.0. The van der Waals surface area contributed by atoms with E-state index in [1.54, 1.807) is 0 Å². The highest BCUT2D eigenvalue weighted by molar-refractivity contribution is 14.1. The summed E-state index contributed by atoms with van der Waals surface area (Å²) in [5.74, 6) is 3.16. The molecule has 0 aromatic heterocycles. The van der Waals surface area contributed by atoms with Crippen LogP contribution in [0.2, 0.25) is 6.04 Å². The first-order valence-corrected chi connectivity index (χ1v) is 15.6. The molecule has 0 aromatic rings. The molecule has 2 rings (SSSR count). The van der Waals surface area contributed by atoms with Gasteiger partial charge in [-0.15, -0.1) is 21.8 Å². The predicted octanol–water partition coefficient (Wildman–Crippen LogP) is 5.50. The minimum atomic E-state index is 0.225. The van der Waals surface area contributed by atoms with Crippen LogP contribution in [0.4, 0.5) is 0 Å². The van der Waals surface area contributed by atoms with Crippen LogP contribution >= 0.6 is 21.8 Å². The molecule has 0 unspecified atom stereocenters. The number of rotatable bonds is 8. The first-order valence-electron chi connectivity index (χ1n) is 9.51. The van der Waals surface area contributed by atoms with Gasteiger partial charge in [-0.2, -0.15) is 0 Å². The Morgan fingerprint density at radius 1 is 0.952 bits per heavy atom. The molecule has 124 valence electrons. The van der Waals surface area contributed by atoms with E-state index in [0.29, 0.717) is 6.10 Å². The topological polar surface area (TPSA) is 9.23 Å². The fourth-order valence-corrected chi connectivity index (χ4v) is 6.54. The van der Waals surface area contributed by atoms with Crippen molar-refractivity contribution in [2.75, 3.05) is 6.61 Å². The maximum atomic E-state index is 6.09. The number of hydrogen-bond acceptors (Lipinski definition) is 1. The van der Waals surface area contributed by atoms with Crippen molar-refractivity contribution in [2.45, 2.75) is 89.7 Å². The van der Waals surface area contributed by atoms with E-state index < -0.39 is 0 Å². The van der Waals surface area contributed by atoms with Gasteiger partial charge in [0.15, 0.2) is 0 Å². The van der Waals surface area contributed by atoms with Crippen LogP contribution < -0.4 is 0 Å². The zero-order valence-corrected chi connectivity index (χ0v) is 17.6. The molecule has 0 aliphatic heterocycles. The maximum Gasteiger partial charge on any atom is 0.0938 e. The zero-order chi connectivity index (χ0) is 14.9. The molecule has 0 aromatic carbocycles. The van der Waals surface area contributed by atoms with Crippen molar-refractivity contribution in [1.82, 2.24) is 0 Å². The molecule has 2 aliphatic rings. The molecule has 0 saturated heterocycles. The minimum absolute atomic E-state index is 0.225. The van der Waals surface area contributed by atoms with E-state index in [1.165, 1.54) is 76.7 Å². The van der Waals surface area contributed by atoms with Crippen molar-refractivity contribution in [2.24, 2.45) is 17.8 Å². The maximum absolute atomic E-state index is 6.09. The molecule has 3 heteroatoms. The summed E-state index contributed by atoms with van der Waals surface area (Å²) in [6.07, 6.45) is 16.5. The molecule has 21 heavy (non-hydrogen) atoms. The van der Waals surface area contributed by atoms with Gasteiger partial charge in [-0.25, -0.2) is 0 Å². The van der Waals surface area contributed by atoms with Crippen LogP contribution in [0.1, 0.15) is 77.6 Å². The quantitative estimate of drug-likeness (QED) is 0.217. The molecular weight excluding hydrogens is 387 g/mol. The molecule has 0 heterocycles. The third-order valence-electron chi connectivity index (χ3n) is 5.86. The fourth-order valence-electron chi connectivity index (χ4n) is 4.53. The summed E-state index contributed by atoms with van der Waals surface area (Å²) in [6.45, 7) is 3.38. The molecule has 2 aliphatic carbocycles. The molecule has 2 saturated carbocycles. The Kier molecular flexibility index (Phi) is 9.24. The van der Waals surface area contributed by atoms with Gasteiger partial charge in [0.2, 0.25) is 0 Å². The summed E-state index contributed by atoms with van der Waals surface area (Å²) in [5, 5.41) is 0. The Balaban J connectivity index is 1.59. The van der Waals surface area contributed by atoms with E-state index in [4.69, 9.17) is 4.74 Å². The molecular formula is C18H35IOSi. The van der Waals surface area contributed by atoms with Gasteiger partial charge in [-0.05, 0) is 62.7 Å². The lowest BCUT2D eigenvalue weighted by atomic mass is 9.70. The molecule has 0 amide bonds. The van der Waals surface area contributed by atoms with Crippen molar-refractivity contribution in [1.29, 1.82) is 0 Å². The molecule has 0 radical (unpaired) electrons. The lowest BCUT2D eigenvalue weighted by Gasteiger charge is -2.37. The number of halogens is 1. The lowest BCUT2D eigenvalue weighted by molar-refractivity contribution is 0.00733. The first kappa shape index (κ1) is 18.2. The number of ether oxygens (including phenoxy) is 1. The Bertz CT molecular complexity index is 258. The van der Waals surface area contributed by atoms with E-state index in [9.17, 15) is 0 Å². The molecule has 2 fully saturated rings. The van der Waals surface area contributed by atoms with Crippen LogP contribution in [0.3, 0.4) is 0 Å². The van der Waals surface area contributed by atoms with Crippen LogP contribution in [0.15, 0.2) is 0 Å². The van der Waals surface area contributed by atoms with E-state index >= 15 is 0 Å². The van der Waals surface area contributed by atoms with Crippen molar-refractivity contribution in [3.05, 3.63) is 0 Å². The highest BCUT2D eigenvalue weighted by Gasteiger charge is 2.30. The van der Waals surface area contributed by atoms with Crippen LogP contribution in [0.5, 0.6) is 0 Å². The second-order valence-corrected chi connectivity index (χ2v) is 11.7. The summed E-state index contributed by atoms with van der Waals surface area (Å²) in [4.78, 5) is 0. The Morgan fingerprint density at radius 3 is 2.14 bits per heavy atom. The predicted molar refractivity (Wildman–Crippen MR) is 104 cm³/mol. The monoisotopic (exact) mass is 422 g/mol. The molecule has 0 N–H and O–H groups in total. The SMILES string of the molecule is CCC[C@H]1CC[C@H]([C@H]2CC[C@H](OCCC[SiH2]I)CC2)CC1. The van der Waals surface area contributed by atoms with Gasteiger partial charge in [-0.3, -0.25) is 0 Å². The van der Waals surface area contributed by atoms with Gasteiger partial charge in [0.05, 0.1) is 13.1 Å². The van der Waals surface area contributed by atoms with Gasteiger partial charge < -0.3 is 4.74 Å². The Hall–Kier alpha value is 0.907. The van der Waals surface area contributed by atoms with E-state index in [-0.39, 0.29) is 7.02 Å². The van der Waals surface area contributed by atoms with Crippen molar-refractivity contribution < 1.29 is 4.74 Å². The smallest absolute Gasteiger partial charge is 0.0938 e. The minimum Gasteiger partial charge on any atom is -0.378 e. The normalized spacial score (nSPS) is 34.6. The fraction of sp³-hybridized carbons (Fsp3) is 1.00. The summed E-state index contributed by atoms with van der Waals surface area (Å²) in [7, 11) is 0.225. The second-order valence-electron chi connectivity index (χ2n) is 7.37. The Labute approximate surface area is 147 Å². The van der Waals surface area contributed by atoms with Crippen molar-refractivity contribution >= 4 is 28.8 Å². The van der Waals surface area contributed by atoms with Gasteiger partial charge in [0.25, 0.3) is 0 Å². The van der Waals surface area contributed by atoms with Crippen LogP contribution in [0.25, 0.3) is 0 Å². The average Bonchev–Trinajstić information content (AvgIpc) is 2.53. The van der Waals surface area contributed by atoms with Gasteiger partial charge in [0.1, 0.15) is 0 Å². The average molecular weight is 422 g/mol. The molecule has 0 atom stereocenters. The summed E-state index contributed by atoms with van der Waals surface area (Å²) in [5.41, 5.74) is 0. The van der Waals surface area contributed by atoms with E-state index in [0.717, 1.165) is 24.4 Å². The van der Waals surface area contributed by atoms with Gasteiger partial charge >= 0.3 is 0 Å². The van der Waals surface area contributed by atoms with Gasteiger partial charge in [-0.1, -0.05) is 38.7 Å². The van der Waals surface area contributed by atoms with Crippen molar-refractivity contribution in [3.8, 4) is 0 Å². The molecule has 0 bridgehead atoms. The van der Waals surface area contributed by atoms with Crippen LogP contribution in [0, 0.1) is 17.8 Å². The van der Waals surface area contributed by atoms with E-state index in [1.807, 2.05) is 0 Å². The van der Waals surface area contributed by atoms with Gasteiger partial charge in [0, 0.05) is 6.61 Å². The first-order chi connectivity index (χ1) is 10.3. The third kappa shape index (κ3) is 6.50. The summed E-state index contributed by atoms with van der Waals surface area (Å²) >= 11 is 2.60. The highest BCUT2D eigenvalue weighted by atomic mass is 127. The third-order valence-corrected chi connectivity index (χ3v) is 8.91.